The van der Waals surface area contributed by atoms with Gasteiger partial charge in [-0.05, 0) is 36.4 Å². The van der Waals surface area contributed by atoms with E-state index in [-0.39, 0.29) is 24.8 Å². The molecule has 27 heavy (non-hydrogen) atoms. The van der Waals surface area contributed by atoms with Gasteiger partial charge in [0.25, 0.3) is 11.7 Å². The highest BCUT2D eigenvalue weighted by atomic mass is 19.4. The lowest BCUT2D eigenvalue weighted by molar-refractivity contribution is -0.412. The molecule has 0 aliphatic rings. The van der Waals surface area contributed by atoms with Crippen LogP contribution in [0.5, 0.6) is 5.75 Å². The van der Waals surface area contributed by atoms with Gasteiger partial charge < -0.3 is 15.0 Å². The van der Waals surface area contributed by atoms with E-state index in [9.17, 15) is 18.0 Å². The van der Waals surface area contributed by atoms with Crippen molar-refractivity contribution in [2.24, 2.45) is 0 Å². The van der Waals surface area contributed by atoms with Crippen molar-refractivity contribution < 1.29 is 27.7 Å². The van der Waals surface area contributed by atoms with Crippen LogP contribution < -0.4 is 20.4 Å². The average Bonchev–Trinajstić information content (AvgIpc) is 3.08. The van der Waals surface area contributed by atoms with Crippen LogP contribution in [-0.4, -0.2) is 31.1 Å². The third-order valence-electron chi connectivity index (χ3n) is 3.90. The topological polar surface area (TPSA) is 80.3 Å². The highest BCUT2D eigenvalue weighted by molar-refractivity contribution is 5.98. The van der Waals surface area contributed by atoms with Crippen LogP contribution in [0.25, 0.3) is 10.9 Å². The van der Waals surface area contributed by atoms with Crippen LogP contribution in [0.1, 0.15) is 16.2 Å². The molecule has 0 atom stereocenters. The number of amides is 1. The predicted octanol–water partition coefficient (Wildman–Crippen LogP) is 2.85. The predicted molar refractivity (Wildman–Crippen MR) is 93.7 cm³/mol. The molecule has 2 heterocycles. The summed E-state index contributed by atoms with van der Waals surface area (Å²) in [7, 11) is 1.57. The lowest BCUT2D eigenvalue weighted by Gasteiger charge is -2.05. The highest BCUT2D eigenvalue weighted by Gasteiger charge is 2.35. The number of halogens is 3. The molecule has 0 aliphatic heterocycles. The number of alkyl halides is 3. The molecule has 0 fully saturated rings. The van der Waals surface area contributed by atoms with Crippen LogP contribution in [0.2, 0.25) is 0 Å². The molecule has 1 aromatic carbocycles. The molecule has 0 bridgehead atoms. The van der Waals surface area contributed by atoms with Crippen molar-refractivity contribution in [1.29, 1.82) is 0 Å². The third kappa shape index (κ3) is 4.49. The fourth-order valence-electron chi connectivity index (χ4n) is 2.57. The SMILES string of the molecule is COc1ccc2[nH]c(C(=O)NCCNc3cccc(C(F)(F)F)[nH+]3)cc2c1. The van der Waals surface area contributed by atoms with Gasteiger partial charge in [0.2, 0.25) is 5.69 Å². The van der Waals surface area contributed by atoms with Gasteiger partial charge in [0, 0.05) is 17.0 Å². The van der Waals surface area contributed by atoms with E-state index in [0.29, 0.717) is 11.4 Å². The fourth-order valence-corrected chi connectivity index (χ4v) is 2.57. The van der Waals surface area contributed by atoms with Crippen LogP contribution >= 0.6 is 0 Å². The van der Waals surface area contributed by atoms with Crippen molar-refractivity contribution >= 4 is 22.6 Å². The zero-order valence-corrected chi connectivity index (χ0v) is 14.4. The number of aromatic amines is 2. The number of ether oxygens (including phenoxy) is 1. The van der Waals surface area contributed by atoms with Gasteiger partial charge >= 0.3 is 6.18 Å². The number of H-pyrrole nitrogens is 2. The molecule has 0 saturated carbocycles. The number of nitrogens with one attached hydrogen (secondary N) is 4. The number of methoxy groups -OCH3 is 1. The van der Waals surface area contributed by atoms with Crippen LogP contribution in [-0.2, 0) is 6.18 Å². The summed E-state index contributed by atoms with van der Waals surface area (Å²) in [5.41, 5.74) is 0.353. The summed E-state index contributed by atoms with van der Waals surface area (Å²) in [6, 6.07) is 10.9. The van der Waals surface area contributed by atoms with Crippen molar-refractivity contribution in [2.45, 2.75) is 6.18 Å². The Bertz CT molecular complexity index is 953. The van der Waals surface area contributed by atoms with Crippen molar-refractivity contribution in [1.82, 2.24) is 10.3 Å². The number of aromatic nitrogens is 2. The van der Waals surface area contributed by atoms with E-state index in [0.717, 1.165) is 17.0 Å². The molecular formula is C18H18F3N4O2+. The first-order valence-electron chi connectivity index (χ1n) is 8.15. The summed E-state index contributed by atoms with van der Waals surface area (Å²) in [4.78, 5) is 17.5. The lowest BCUT2D eigenvalue weighted by atomic mass is 10.2. The number of fused-ring (bicyclic) bond motifs is 1. The summed E-state index contributed by atoms with van der Waals surface area (Å²) >= 11 is 0. The minimum atomic E-state index is -4.44. The van der Waals surface area contributed by atoms with Crippen molar-refractivity contribution in [2.75, 3.05) is 25.5 Å². The summed E-state index contributed by atoms with van der Waals surface area (Å²) in [5.74, 6) is 0.603. The van der Waals surface area contributed by atoms with Gasteiger partial charge in [-0.25, -0.2) is 4.98 Å². The van der Waals surface area contributed by atoms with Gasteiger partial charge in [0.05, 0.1) is 13.7 Å². The molecule has 6 nitrogen and oxygen atoms in total. The molecule has 0 radical (unpaired) electrons. The van der Waals surface area contributed by atoms with Crippen LogP contribution in [0.4, 0.5) is 19.0 Å². The molecule has 142 valence electrons. The van der Waals surface area contributed by atoms with Crippen molar-refractivity contribution in [3.63, 3.8) is 0 Å². The second-order valence-electron chi connectivity index (χ2n) is 5.79. The Morgan fingerprint density at radius 1 is 1.19 bits per heavy atom. The number of pyridine rings is 1. The zero-order valence-electron chi connectivity index (χ0n) is 14.4. The highest BCUT2D eigenvalue weighted by Crippen LogP contribution is 2.25. The van der Waals surface area contributed by atoms with E-state index < -0.39 is 11.9 Å². The normalized spacial score (nSPS) is 11.4. The Balaban J connectivity index is 1.54. The van der Waals surface area contributed by atoms with E-state index in [4.69, 9.17) is 4.74 Å². The van der Waals surface area contributed by atoms with Crippen LogP contribution in [0, 0.1) is 0 Å². The minimum Gasteiger partial charge on any atom is -0.497 e. The van der Waals surface area contributed by atoms with Gasteiger partial charge in [-0.2, -0.15) is 13.2 Å². The zero-order chi connectivity index (χ0) is 19.4. The first-order chi connectivity index (χ1) is 12.9. The Hall–Kier alpha value is -3.23. The monoisotopic (exact) mass is 379 g/mol. The van der Waals surface area contributed by atoms with Crippen LogP contribution in [0.15, 0.2) is 42.5 Å². The van der Waals surface area contributed by atoms with Gasteiger partial charge in [-0.15, -0.1) is 0 Å². The Morgan fingerprint density at radius 2 is 2.00 bits per heavy atom. The van der Waals surface area contributed by atoms with Crippen LogP contribution in [0.3, 0.4) is 0 Å². The summed E-state index contributed by atoms with van der Waals surface area (Å²) in [6.45, 7) is 0.499. The van der Waals surface area contributed by atoms with E-state index in [2.05, 4.69) is 20.6 Å². The minimum absolute atomic E-state index is 0.219. The van der Waals surface area contributed by atoms with Gasteiger partial charge in [0.1, 0.15) is 18.0 Å². The van der Waals surface area contributed by atoms with E-state index in [1.807, 2.05) is 12.1 Å². The maximum Gasteiger partial charge on any atom is 0.453 e. The molecule has 0 aliphatic carbocycles. The Morgan fingerprint density at radius 3 is 2.74 bits per heavy atom. The molecule has 0 spiro atoms. The molecule has 0 unspecified atom stereocenters. The standard InChI is InChI=1S/C18H17F3N4O2/c1-27-12-5-6-13-11(9-12)10-14(24-13)17(26)23-8-7-22-16-4-2-3-15(25-16)18(19,20)21/h2-6,9-10,24H,7-8H2,1H3,(H,22,25)(H,23,26)/p+1. The maximum absolute atomic E-state index is 12.7. The van der Waals surface area contributed by atoms with E-state index in [1.54, 1.807) is 19.2 Å². The molecule has 4 N–H and O–H groups in total. The number of rotatable bonds is 6. The first-order valence-corrected chi connectivity index (χ1v) is 8.15. The number of anilines is 1. The lowest BCUT2D eigenvalue weighted by Crippen LogP contribution is -2.31. The summed E-state index contributed by atoms with van der Waals surface area (Å²) in [6.07, 6.45) is -4.44. The number of hydrogen-bond acceptors (Lipinski definition) is 3. The van der Waals surface area contributed by atoms with Gasteiger partial charge in [-0.3, -0.25) is 10.1 Å². The summed E-state index contributed by atoms with van der Waals surface area (Å²) < 4.78 is 43.1. The fraction of sp³-hybridized carbons (Fsp3) is 0.222. The number of hydrogen-bond donors (Lipinski definition) is 3. The first kappa shape index (κ1) is 18.6. The van der Waals surface area contributed by atoms with E-state index in [1.165, 1.54) is 12.1 Å². The number of benzene rings is 1. The van der Waals surface area contributed by atoms with E-state index >= 15 is 0 Å². The van der Waals surface area contributed by atoms with Crippen molar-refractivity contribution in [3.8, 4) is 5.75 Å². The molecule has 3 aromatic rings. The summed E-state index contributed by atoms with van der Waals surface area (Å²) in [5, 5.41) is 6.36. The largest absolute Gasteiger partial charge is 0.497 e. The third-order valence-corrected chi connectivity index (χ3v) is 3.90. The Kier molecular flexibility index (Phi) is 5.20. The number of carbonyl (C=O) groups excluding carboxylic acids is 1. The molecular weight excluding hydrogens is 361 g/mol. The number of carbonyl (C=O) groups is 1. The smallest absolute Gasteiger partial charge is 0.453 e. The molecule has 1 amide bonds. The maximum atomic E-state index is 12.7. The molecule has 0 saturated heterocycles. The Labute approximate surface area is 152 Å². The molecule has 3 rings (SSSR count). The molecule has 9 heteroatoms. The van der Waals surface area contributed by atoms with Crippen molar-refractivity contribution in [3.05, 3.63) is 53.9 Å². The average molecular weight is 379 g/mol. The second kappa shape index (κ2) is 7.56. The quantitative estimate of drug-likeness (QED) is 0.576. The molecule has 2 aromatic heterocycles. The van der Waals surface area contributed by atoms with Gasteiger partial charge in [0.15, 0.2) is 0 Å². The van der Waals surface area contributed by atoms with Gasteiger partial charge in [-0.1, -0.05) is 0 Å². The second-order valence-corrected chi connectivity index (χ2v) is 5.79.